The van der Waals surface area contributed by atoms with Crippen molar-refractivity contribution in [3.63, 3.8) is 0 Å². The van der Waals surface area contributed by atoms with E-state index < -0.39 is 11.9 Å². The molecule has 2 aliphatic rings. The SMILES string of the molecule is CC(C)N(CCN1CCN(c2ccc(OC[C@@H]3CO[C@@](Cn4ccnc4)(c4ccc(Cl)cc4Cl)O3)cc2)CC1)C(=O)O. The lowest BCUT2D eigenvalue weighted by molar-refractivity contribution is -0.189. The van der Waals surface area contributed by atoms with E-state index in [-0.39, 0.29) is 12.1 Å². The molecule has 0 radical (unpaired) electrons. The Morgan fingerprint density at radius 2 is 1.93 bits per heavy atom. The lowest BCUT2D eigenvalue weighted by Gasteiger charge is -2.37. The van der Waals surface area contributed by atoms with Gasteiger partial charge in [-0.05, 0) is 50.2 Å². The molecule has 0 bridgehead atoms. The lowest BCUT2D eigenvalue weighted by atomic mass is 10.1. The van der Waals surface area contributed by atoms with Gasteiger partial charge in [0.1, 0.15) is 18.5 Å². The molecule has 2 fully saturated rings. The molecule has 1 N–H and O–H groups in total. The van der Waals surface area contributed by atoms with Crippen LogP contribution in [0.2, 0.25) is 10.0 Å². The summed E-state index contributed by atoms with van der Waals surface area (Å²) < 4.78 is 20.7. The second-order valence-electron chi connectivity index (χ2n) is 10.9. The zero-order valence-electron chi connectivity index (χ0n) is 23.9. The third kappa shape index (κ3) is 7.30. The molecular formula is C30H37Cl2N5O5. The summed E-state index contributed by atoms with van der Waals surface area (Å²) in [5.74, 6) is -0.344. The van der Waals surface area contributed by atoms with Gasteiger partial charge in [0, 0.05) is 74.0 Å². The van der Waals surface area contributed by atoms with Crippen molar-refractivity contribution >= 4 is 35.0 Å². The molecule has 2 aromatic carbocycles. The molecule has 1 aromatic heterocycles. The van der Waals surface area contributed by atoms with Gasteiger partial charge in [0.25, 0.3) is 0 Å². The van der Waals surface area contributed by atoms with E-state index in [0.717, 1.165) is 44.2 Å². The van der Waals surface area contributed by atoms with Gasteiger partial charge in [-0.1, -0.05) is 29.3 Å². The highest BCUT2D eigenvalue weighted by Crippen LogP contribution is 2.40. The number of carboxylic acid groups (broad SMARTS) is 1. The Morgan fingerprint density at radius 1 is 1.17 bits per heavy atom. The van der Waals surface area contributed by atoms with Crippen molar-refractivity contribution in [2.75, 3.05) is 57.4 Å². The summed E-state index contributed by atoms with van der Waals surface area (Å²) in [6.45, 7) is 9.66. The molecule has 2 atom stereocenters. The Balaban J connectivity index is 1.13. The minimum Gasteiger partial charge on any atom is -0.491 e. The number of hydrogen-bond acceptors (Lipinski definition) is 7. The summed E-state index contributed by atoms with van der Waals surface area (Å²) in [4.78, 5) is 21.7. The van der Waals surface area contributed by atoms with Crippen LogP contribution >= 0.6 is 23.2 Å². The molecule has 10 nitrogen and oxygen atoms in total. The number of aromatic nitrogens is 2. The topological polar surface area (TPSA) is 92.5 Å². The van der Waals surface area contributed by atoms with E-state index in [1.54, 1.807) is 24.7 Å². The summed E-state index contributed by atoms with van der Waals surface area (Å²) >= 11 is 12.7. The third-order valence-corrected chi connectivity index (χ3v) is 8.23. The van der Waals surface area contributed by atoms with E-state index in [4.69, 9.17) is 37.4 Å². The first-order chi connectivity index (χ1) is 20.2. The summed E-state index contributed by atoms with van der Waals surface area (Å²) in [6, 6.07) is 13.3. The first kappa shape index (κ1) is 30.4. The van der Waals surface area contributed by atoms with Gasteiger partial charge in [-0.25, -0.2) is 9.78 Å². The molecular weight excluding hydrogens is 581 g/mol. The molecule has 0 saturated carbocycles. The molecule has 0 unspecified atom stereocenters. The number of halogens is 2. The minimum absolute atomic E-state index is 0.0240. The summed E-state index contributed by atoms with van der Waals surface area (Å²) in [6.07, 6.45) is 4.10. The largest absolute Gasteiger partial charge is 0.491 e. The van der Waals surface area contributed by atoms with E-state index in [2.05, 4.69) is 26.9 Å². The Kier molecular flexibility index (Phi) is 9.80. The molecule has 2 aliphatic heterocycles. The molecule has 3 heterocycles. The maximum Gasteiger partial charge on any atom is 0.407 e. The molecule has 3 aromatic rings. The molecule has 1 amide bonds. The number of nitrogens with zero attached hydrogens (tertiary/aromatic N) is 5. The number of rotatable bonds is 11. The highest BCUT2D eigenvalue weighted by atomic mass is 35.5. The normalized spacial score (nSPS) is 21.2. The number of amides is 1. The van der Waals surface area contributed by atoms with E-state index in [1.807, 2.05) is 42.8 Å². The summed E-state index contributed by atoms with van der Waals surface area (Å²) in [5, 5.41) is 10.4. The molecule has 12 heteroatoms. The Morgan fingerprint density at radius 3 is 2.57 bits per heavy atom. The maximum atomic E-state index is 11.4. The summed E-state index contributed by atoms with van der Waals surface area (Å²) in [7, 11) is 0. The van der Waals surface area contributed by atoms with Gasteiger partial charge >= 0.3 is 6.09 Å². The van der Waals surface area contributed by atoms with Gasteiger partial charge < -0.3 is 33.7 Å². The van der Waals surface area contributed by atoms with Gasteiger partial charge in [0.15, 0.2) is 0 Å². The van der Waals surface area contributed by atoms with Crippen LogP contribution in [-0.4, -0.2) is 95.2 Å². The highest BCUT2D eigenvalue weighted by Gasteiger charge is 2.45. The molecule has 226 valence electrons. The standard InChI is InChI=1S/C30H37Cl2N5O5/c1-22(2)37(29(38)39)16-13-34-11-14-36(15-12-34)24-4-6-25(7-5-24)40-18-26-19-41-30(42-26,20-35-10-9-33-21-35)27-8-3-23(31)17-28(27)32/h3-10,17,21-22,26H,11-16,18-20H2,1-2H3,(H,38,39)/t26-,30-/m1/s1. The summed E-state index contributed by atoms with van der Waals surface area (Å²) in [5.41, 5.74) is 1.84. The van der Waals surface area contributed by atoms with Crippen LogP contribution in [0.1, 0.15) is 19.4 Å². The number of piperazine rings is 1. The quantitative estimate of drug-likeness (QED) is 0.320. The minimum atomic E-state index is -1.09. The fraction of sp³-hybridized carbons (Fsp3) is 0.467. The van der Waals surface area contributed by atoms with Crippen molar-refractivity contribution < 1.29 is 24.1 Å². The van der Waals surface area contributed by atoms with Crippen molar-refractivity contribution in [3.05, 3.63) is 76.8 Å². The van der Waals surface area contributed by atoms with Crippen LogP contribution in [0.25, 0.3) is 0 Å². The van der Waals surface area contributed by atoms with Gasteiger partial charge in [0.2, 0.25) is 5.79 Å². The fourth-order valence-electron chi connectivity index (χ4n) is 5.37. The molecule has 5 rings (SSSR count). The van der Waals surface area contributed by atoms with Gasteiger partial charge in [-0.15, -0.1) is 0 Å². The lowest BCUT2D eigenvalue weighted by Crippen LogP contribution is -2.49. The molecule has 42 heavy (non-hydrogen) atoms. The average molecular weight is 619 g/mol. The van der Waals surface area contributed by atoms with Crippen LogP contribution in [0.5, 0.6) is 5.75 Å². The zero-order chi connectivity index (χ0) is 29.7. The van der Waals surface area contributed by atoms with E-state index in [1.165, 1.54) is 4.90 Å². The van der Waals surface area contributed by atoms with Crippen LogP contribution in [0.4, 0.5) is 10.5 Å². The van der Waals surface area contributed by atoms with Crippen LogP contribution in [0.3, 0.4) is 0 Å². The Hall–Kier alpha value is -3.02. The third-order valence-electron chi connectivity index (χ3n) is 7.69. The number of ether oxygens (including phenoxy) is 3. The second kappa shape index (κ2) is 13.5. The number of imidazole rings is 1. The monoisotopic (exact) mass is 617 g/mol. The fourth-order valence-corrected chi connectivity index (χ4v) is 5.92. The highest BCUT2D eigenvalue weighted by molar-refractivity contribution is 6.35. The van der Waals surface area contributed by atoms with E-state index in [0.29, 0.717) is 41.9 Å². The Bertz CT molecular complexity index is 1320. The number of benzene rings is 2. The smallest absolute Gasteiger partial charge is 0.407 e. The van der Waals surface area contributed by atoms with Crippen LogP contribution in [0, 0.1) is 0 Å². The second-order valence-corrected chi connectivity index (χ2v) is 11.7. The number of carbonyl (C=O) groups is 1. The van der Waals surface area contributed by atoms with Crippen molar-refractivity contribution in [3.8, 4) is 5.75 Å². The number of anilines is 1. The van der Waals surface area contributed by atoms with E-state index >= 15 is 0 Å². The van der Waals surface area contributed by atoms with Crippen molar-refractivity contribution in [2.24, 2.45) is 0 Å². The first-order valence-electron chi connectivity index (χ1n) is 14.2. The maximum absolute atomic E-state index is 11.4. The van der Waals surface area contributed by atoms with Gasteiger partial charge in [-0.3, -0.25) is 4.90 Å². The van der Waals surface area contributed by atoms with Crippen LogP contribution in [0.15, 0.2) is 61.2 Å². The van der Waals surface area contributed by atoms with Crippen molar-refractivity contribution in [1.29, 1.82) is 0 Å². The van der Waals surface area contributed by atoms with Crippen molar-refractivity contribution in [2.45, 2.75) is 38.3 Å². The molecule has 2 saturated heterocycles. The Labute approximate surface area is 256 Å². The zero-order valence-corrected chi connectivity index (χ0v) is 25.4. The van der Waals surface area contributed by atoms with Crippen molar-refractivity contribution in [1.82, 2.24) is 19.4 Å². The van der Waals surface area contributed by atoms with Gasteiger partial charge in [0.05, 0.1) is 24.5 Å². The number of hydrogen-bond donors (Lipinski definition) is 1. The molecule has 0 spiro atoms. The first-order valence-corrected chi connectivity index (χ1v) is 14.9. The van der Waals surface area contributed by atoms with E-state index in [9.17, 15) is 9.90 Å². The average Bonchev–Trinajstić information content (AvgIpc) is 3.63. The predicted molar refractivity (Wildman–Crippen MR) is 162 cm³/mol. The van der Waals surface area contributed by atoms with Crippen LogP contribution < -0.4 is 9.64 Å². The predicted octanol–water partition coefficient (Wildman–Crippen LogP) is 5.05. The van der Waals surface area contributed by atoms with Crippen LogP contribution in [-0.2, 0) is 21.8 Å². The van der Waals surface area contributed by atoms with Gasteiger partial charge in [-0.2, -0.15) is 0 Å². The molecule has 0 aliphatic carbocycles.